The molecule has 1 unspecified atom stereocenters. The van der Waals surface area contributed by atoms with Crippen LogP contribution >= 0.6 is 11.6 Å². The summed E-state index contributed by atoms with van der Waals surface area (Å²) < 4.78 is 42.5. The third-order valence-corrected chi connectivity index (χ3v) is 6.64. The zero-order valence-electron chi connectivity index (χ0n) is 18.0. The summed E-state index contributed by atoms with van der Waals surface area (Å²) in [5, 5.41) is 3.74. The van der Waals surface area contributed by atoms with Crippen molar-refractivity contribution >= 4 is 28.9 Å². The van der Waals surface area contributed by atoms with Crippen LogP contribution in [0.25, 0.3) is 0 Å². The Morgan fingerprint density at radius 2 is 1.71 bits per heavy atom. The van der Waals surface area contributed by atoms with E-state index in [1.165, 1.54) is 18.2 Å². The van der Waals surface area contributed by atoms with Crippen LogP contribution < -0.4 is 4.90 Å². The first-order valence-corrected chi connectivity index (χ1v) is 11.2. The Bertz CT molecular complexity index is 1270. The van der Waals surface area contributed by atoms with Crippen molar-refractivity contribution in [2.24, 2.45) is 5.16 Å². The maximum Gasteiger partial charge on any atom is 0.435 e. The normalized spacial score (nSPS) is 19.9. The van der Waals surface area contributed by atoms with Gasteiger partial charge >= 0.3 is 6.18 Å². The summed E-state index contributed by atoms with van der Waals surface area (Å²) >= 11 is 6.09. The number of carbonyl (C=O) groups excluding carboxylic acids is 1. The predicted octanol–water partition coefficient (Wildman–Crippen LogP) is 6.52. The van der Waals surface area contributed by atoms with Gasteiger partial charge in [0.05, 0.1) is 12.1 Å². The molecule has 0 bridgehead atoms. The molecule has 0 N–H and O–H groups in total. The van der Waals surface area contributed by atoms with E-state index in [0.29, 0.717) is 17.7 Å². The quantitative estimate of drug-likeness (QED) is 0.425. The Kier molecular flexibility index (Phi) is 5.60. The highest BCUT2D eigenvalue weighted by Crippen LogP contribution is 2.50. The SMILES string of the molecule is O=C(c1ccc(C2=NOC(c3ccccc3Cl)(C(F)(F)F)C2)cc1)N1CCCc2ccccc21. The van der Waals surface area contributed by atoms with Gasteiger partial charge in [-0.1, -0.05) is 65.3 Å². The van der Waals surface area contributed by atoms with Crippen molar-refractivity contribution in [2.45, 2.75) is 31.0 Å². The molecule has 0 saturated carbocycles. The van der Waals surface area contributed by atoms with Gasteiger partial charge in [0.1, 0.15) is 0 Å². The van der Waals surface area contributed by atoms with Crippen molar-refractivity contribution in [3.63, 3.8) is 0 Å². The van der Waals surface area contributed by atoms with Crippen molar-refractivity contribution in [3.8, 4) is 0 Å². The Hall–Kier alpha value is -3.32. The number of halogens is 4. The van der Waals surface area contributed by atoms with E-state index in [1.54, 1.807) is 35.2 Å². The van der Waals surface area contributed by atoms with Crippen molar-refractivity contribution in [1.29, 1.82) is 0 Å². The second-order valence-corrected chi connectivity index (χ2v) is 8.78. The Labute approximate surface area is 199 Å². The van der Waals surface area contributed by atoms with Crippen LogP contribution in [-0.4, -0.2) is 24.3 Å². The summed E-state index contributed by atoms with van der Waals surface area (Å²) in [7, 11) is 0. The van der Waals surface area contributed by atoms with Gasteiger partial charge in [0.15, 0.2) is 0 Å². The molecule has 0 aromatic heterocycles. The zero-order valence-corrected chi connectivity index (χ0v) is 18.7. The summed E-state index contributed by atoms with van der Waals surface area (Å²) in [6.07, 6.45) is -3.46. The van der Waals surface area contributed by atoms with Gasteiger partial charge in [0, 0.05) is 28.4 Å². The Morgan fingerprint density at radius 1 is 1.00 bits per heavy atom. The number of rotatable bonds is 3. The van der Waals surface area contributed by atoms with Gasteiger partial charge in [-0.3, -0.25) is 4.79 Å². The summed E-state index contributed by atoms with van der Waals surface area (Å²) in [6.45, 7) is 0.615. The Morgan fingerprint density at radius 3 is 2.44 bits per heavy atom. The van der Waals surface area contributed by atoms with Crippen LogP contribution in [0.15, 0.2) is 78.0 Å². The van der Waals surface area contributed by atoms with Gasteiger partial charge in [0.2, 0.25) is 0 Å². The maximum atomic E-state index is 14.2. The summed E-state index contributed by atoms with van der Waals surface area (Å²) in [5.41, 5.74) is 0.220. The van der Waals surface area contributed by atoms with E-state index in [1.807, 2.05) is 24.3 Å². The molecule has 5 rings (SSSR count). The molecule has 4 nitrogen and oxygen atoms in total. The number of alkyl halides is 3. The first-order chi connectivity index (χ1) is 16.3. The zero-order chi connectivity index (χ0) is 23.9. The minimum atomic E-state index is -4.74. The molecule has 0 spiro atoms. The second kappa shape index (κ2) is 8.47. The number of oxime groups is 1. The lowest BCUT2D eigenvalue weighted by Gasteiger charge is -2.30. The van der Waals surface area contributed by atoms with E-state index in [-0.39, 0.29) is 22.2 Å². The maximum absolute atomic E-state index is 14.2. The van der Waals surface area contributed by atoms with Crippen molar-refractivity contribution < 1.29 is 22.8 Å². The number of aryl methyl sites for hydroxylation is 1. The van der Waals surface area contributed by atoms with E-state index >= 15 is 0 Å². The molecule has 34 heavy (non-hydrogen) atoms. The molecule has 0 radical (unpaired) electrons. The van der Waals surface area contributed by atoms with E-state index < -0.39 is 18.2 Å². The number of anilines is 1. The fourth-order valence-electron chi connectivity index (χ4n) is 4.53. The molecule has 174 valence electrons. The summed E-state index contributed by atoms with van der Waals surface area (Å²) in [5.74, 6) is -0.149. The van der Waals surface area contributed by atoms with Crippen LogP contribution in [0, 0.1) is 0 Å². The minimum absolute atomic E-state index is 0.0426. The lowest BCUT2D eigenvalue weighted by molar-refractivity contribution is -0.275. The van der Waals surface area contributed by atoms with Gasteiger partial charge in [0.25, 0.3) is 11.5 Å². The van der Waals surface area contributed by atoms with Gasteiger partial charge in [-0.05, 0) is 48.2 Å². The number of nitrogens with zero attached hydrogens (tertiary/aromatic N) is 2. The molecule has 2 heterocycles. The Balaban J connectivity index is 1.40. The fraction of sp³-hybridized carbons (Fsp3) is 0.231. The number of hydrogen-bond acceptors (Lipinski definition) is 3. The number of amides is 1. The highest BCUT2D eigenvalue weighted by Gasteiger charge is 2.63. The lowest BCUT2D eigenvalue weighted by Crippen LogP contribution is -2.43. The van der Waals surface area contributed by atoms with Crippen LogP contribution in [0.5, 0.6) is 0 Å². The topological polar surface area (TPSA) is 41.9 Å². The third kappa shape index (κ3) is 3.74. The van der Waals surface area contributed by atoms with Gasteiger partial charge < -0.3 is 9.74 Å². The number of fused-ring (bicyclic) bond motifs is 1. The molecule has 3 aromatic rings. The highest BCUT2D eigenvalue weighted by atomic mass is 35.5. The van der Waals surface area contributed by atoms with Crippen LogP contribution in [0.2, 0.25) is 5.02 Å². The molecule has 0 aliphatic carbocycles. The molecule has 1 amide bonds. The number of benzene rings is 3. The van der Waals surface area contributed by atoms with Crippen molar-refractivity contribution in [1.82, 2.24) is 0 Å². The molecule has 2 aliphatic heterocycles. The van der Waals surface area contributed by atoms with Crippen LogP contribution in [0.4, 0.5) is 18.9 Å². The average Bonchev–Trinajstić information content (AvgIpc) is 3.30. The van der Waals surface area contributed by atoms with Gasteiger partial charge in [-0.15, -0.1) is 0 Å². The van der Waals surface area contributed by atoms with Crippen molar-refractivity contribution in [2.75, 3.05) is 11.4 Å². The smallest absolute Gasteiger partial charge is 0.374 e. The summed E-state index contributed by atoms with van der Waals surface area (Å²) in [4.78, 5) is 20.0. The summed E-state index contributed by atoms with van der Waals surface area (Å²) in [6, 6.07) is 20.0. The number of carbonyl (C=O) groups is 1. The molecule has 0 fully saturated rings. The number of hydrogen-bond donors (Lipinski definition) is 0. The predicted molar refractivity (Wildman–Crippen MR) is 124 cm³/mol. The van der Waals surface area contributed by atoms with Crippen LogP contribution in [0.3, 0.4) is 0 Å². The van der Waals surface area contributed by atoms with E-state index in [9.17, 15) is 18.0 Å². The fourth-order valence-corrected chi connectivity index (χ4v) is 4.82. The largest absolute Gasteiger partial charge is 0.435 e. The second-order valence-electron chi connectivity index (χ2n) is 8.38. The minimum Gasteiger partial charge on any atom is -0.374 e. The molecule has 3 aromatic carbocycles. The van der Waals surface area contributed by atoms with E-state index in [0.717, 1.165) is 24.1 Å². The van der Waals surface area contributed by atoms with E-state index in [4.69, 9.17) is 16.4 Å². The first-order valence-electron chi connectivity index (χ1n) is 10.9. The molecule has 0 saturated heterocycles. The van der Waals surface area contributed by atoms with Gasteiger partial charge in [-0.25, -0.2) is 0 Å². The lowest BCUT2D eigenvalue weighted by atomic mass is 9.86. The first kappa shape index (κ1) is 22.5. The molecule has 1 atom stereocenters. The molecular weight excluding hydrogens is 465 g/mol. The molecule has 8 heteroatoms. The molecule has 2 aliphatic rings. The van der Waals surface area contributed by atoms with Gasteiger partial charge in [-0.2, -0.15) is 13.2 Å². The third-order valence-electron chi connectivity index (χ3n) is 6.32. The standard InChI is InChI=1S/C26H20ClF3N2O2/c27-21-9-3-2-8-20(21)25(26(28,29)30)16-22(31-34-25)17-11-13-19(14-12-17)24(33)32-15-5-7-18-6-1-4-10-23(18)32/h1-4,6,8-14H,5,7,15-16H2. The molecular formula is C26H20ClF3N2O2. The monoisotopic (exact) mass is 484 g/mol. The van der Waals surface area contributed by atoms with E-state index in [2.05, 4.69) is 5.16 Å². The van der Waals surface area contributed by atoms with Crippen LogP contribution in [0.1, 0.15) is 39.9 Å². The van der Waals surface area contributed by atoms with Crippen molar-refractivity contribution in [3.05, 3.63) is 100 Å². The highest BCUT2D eigenvalue weighted by molar-refractivity contribution is 6.31. The van der Waals surface area contributed by atoms with Crippen LogP contribution in [-0.2, 0) is 16.9 Å². The number of para-hydroxylation sites is 1. The average molecular weight is 485 g/mol.